The molecule has 0 aliphatic heterocycles. The maximum atomic E-state index is 6.03. The van der Waals surface area contributed by atoms with Crippen LogP contribution in [0.5, 0.6) is 0 Å². The van der Waals surface area contributed by atoms with E-state index >= 15 is 0 Å². The molecule has 2 aromatic heterocycles. The van der Waals surface area contributed by atoms with Crippen molar-refractivity contribution in [1.82, 2.24) is 5.43 Å². The Hall–Kier alpha value is -1.62. The molecule has 2 unspecified atom stereocenters. The number of hydrogen-bond acceptors (Lipinski definition) is 4. The minimum atomic E-state index is 0.0334. The fraction of sp³-hybridized carbons (Fsp3) is 0.294. The number of furan rings is 1. The number of benzene rings is 1. The lowest BCUT2D eigenvalue weighted by molar-refractivity contribution is 0.355. The van der Waals surface area contributed by atoms with Crippen molar-refractivity contribution >= 4 is 22.3 Å². The van der Waals surface area contributed by atoms with Gasteiger partial charge in [0, 0.05) is 16.2 Å². The van der Waals surface area contributed by atoms with Crippen molar-refractivity contribution in [1.29, 1.82) is 0 Å². The molecule has 3 nitrogen and oxygen atoms in total. The van der Waals surface area contributed by atoms with Crippen LogP contribution in [0, 0.1) is 0 Å². The highest BCUT2D eigenvalue weighted by Crippen LogP contribution is 2.42. The van der Waals surface area contributed by atoms with Crippen LogP contribution in [0.1, 0.15) is 41.0 Å². The van der Waals surface area contributed by atoms with Crippen molar-refractivity contribution in [3.63, 3.8) is 0 Å². The van der Waals surface area contributed by atoms with Crippen molar-refractivity contribution < 1.29 is 4.42 Å². The molecule has 1 aliphatic carbocycles. The number of nitrogens with one attached hydrogen (secondary N) is 1. The number of aryl methyl sites for hydroxylation is 1. The van der Waals surface area contributed by atoms with Crippen LogP contribution in [0.25, 0.3) is 11.0 Å². The number of hydrogen-bond donors (Lipinski definition) is 2. The Morgan fingerprint density at radius 1 is 1.29 bits per heavy atom. The first kappa shape index (κ1) is 13.1. The van der Waals surface area contributed by atoms with Gasteiger partial charge < -0.3 is 4.42 Å². The molecule has 4 heteroatoms. The largest absolute Gasteiger partial charge is 0.459 e. The second-order valence-electron chi connectivity index (χ2n) is 5.63. The zero-order chi connectivity index (χ0) is 14.2. The van der Waals surface area contributed by atoms with E-state index in [4.69, 9.17) is 10.3 Å². The maximum Gasteiger partial charge on any atom is 0.134 e. The Balaban J connectivity index is 1.75. The van der Waals surface area contributed by atoms with E-state index in [2.05, 4.69) is 29.0 Å². The quantitative estimate of drug-likeness (QED) is 0.565. The van der Waals surface area contributed by atoms with Crippen LogP contribution in [-0.4, -0.2) is 0 Å². The Kier molecular flexibility index (Phi) is 3.30. The SMILES string of the molecule is NNC(c1cc2ccccc2o1)C1CCCc2sccc21. The lowest BCUT2D eigenvalue weighted by atomic mass is 9.82. The van der Waals surface area contributed by atoms with Gasteiger partial charge in [-0.1, -0.05) is 18.2 Å². The smallest absolute Gasteiger partial charge is 0.134 e. The van der Waals surface area contributed by atoms with Crippen molar-refractivity contribution in [3.8, 4) is 0 Å². The third-order valence-electron chi connectivity index (χ3n) is 4.43. The zero-order valence-electron chi connectivity index (χ0n) is 11.7. The van der Waals surface area contributed by atoms with Crippen molar-refractivity contribution in [2.24, 2.45) is 5.84 Å². The minimum Gasteiger partial charge on any atom is -0.459 e. The molecule has 108 valence electrons. The van der Waals surface area contributed by atoms with E-state index in [1.165, 1.54) is 23.3 Å². The first-order valence-corrected chi connectivity index (χ1v) is 8.25. The van der Waals surface area contributed by atoms with Gasteiger partial charge in [0.15, 0.2) is 0 Å². The normalized spacial score (nSPS) is 19.6. The minimum absolute atomic E-state index is 0.0334. The average Bonchev–Trinajstić information content (AvgIpc) is 3.14. The predicted octanol–water partition coefficient (Wildman–Crippen LogP) is 4.12. The molecule has 0 fully saturated rings. The molecule has 0 saturated heterocycles. The highest BCUT2D eigenvalue weighted by molar-refractivity contribution is 7.10. The van der Waals surface area contributed by atoms with Gasteiger partial charge in [0.05, 0.1) is 6.04 Å². The zero-order valence-corrected chi connectivity index (χ0v) is 12.5. The van der Waals surface area contributed by atoms with Gasteiger partial charge in [0.2, 0.25) is 0 Å². The molecule has 4 rings (SSSR count). The highest BCUT2D eigenvalue weighted by atomic mass is 32.1. The third kappa shape index (κ3) is 2.20. The Labute approximate surface area is 127 Å². The summed E-state index contributed by atoms with van der Waals surface area (Å²) in [6.07, 6.45) is 3.56. The standard InChI is InChI=1S/C17H18N2OS/c18-19-17(13-5-3-7-16-12(13)8-9-21-16)15-10-11-4-1-2-6-14(11)20-15/h1-2,4,6,8-10,13,17,19H,3,5,7,18H2. The highest BCUT2D eigenvalue weighted by Gasteiger charge is 2.31. The fourth-order valence-corrected chi connectivity index (χ4v) is 4.42. The molecule has 3 N–H and O–H groups in total. The molecule has 3 aromatic rings. The number of para-hydroxylation sites is 1. The van der Waals surface area contributed by atoms with E-state index in [0.717, 1.165) is 23.2 Å². The van der Waals surface area contributed by atoms with Gasteiger partial charge in [-0.25, -0.2) is 5.43 Å². The molecule has 0 bridgehead atoms. The molecule has 1 aromatic carbocycles. The van der Waals surface area contributed by atoms with Gasteiger partial charge in [-0.05, 0) is 48.4 Å². The number of nitrogens with two attached hydrogens (primary N) is 1. The van der Waals surface area contributed by atoms with Gasteiger partial charge in [0.25, 0.3) is 0 Å². The second-order valence-corrected chi connectivity index (χ2v) is 6.63. The van der Waals surface area contributed by atoms with Crippen LogP contribution in [0.4, 0.5) is 0 Å². The lowest BCUT2D eigenvalue weighted by Gasteiger charge is -2.28. The molecule has 0 amide bonds. The van der Waals surface area contributed by atoms with Crippen molar-refractivity contribution in [3.05, 3.63) is 58.0 Å². The topological polar surface area (TPSA) is 51.2 Å². The number of thiophene rings is 1. The van der Waals surface area contributed by atoms with Crippen LogP contribution in [0.3, 0.4) is 0 Å². The molecule has 0 saturated carbocycles. The van der Waals surface area contributed by atoms with Crippen molar-refractivity contribution in [2.75, 3.05) is 0 Å². The summed E-state index contributed by atoms with van der Waals surface area (Å²) in [6.45, 7) is 0. The molecule has 2 heterocycles. The van der Waals surface area contributed by atoms with Crippen LogP contribution >= 0.6 is 11.3 Å². The Morgan fingerprint density at radius 3 is 3.05 bits per heavy atom. The summed E-state index contributed by atoms with van der Waals surface area (Å²) in [6, 6.07) is 12.5. The van der Waals surface area contributed by atoms with E-state index in [1.54, 1.807) is 0 Å². The van der Waals surface area contributed by atoms with E-state index in [-0.39, 0.29) is 6.04 Å². The van der Waals surface area contributed by atoms with Gasteiger partial charge >= 0.3 is 0 Å². The fourth-order valence-electron chi connectivity index (χ4n) is 3.42. The average molecular weight is 298 g/mol. The number of fused-ring (bicyclic) bond motifs is 2. The van der Waals surface area contributed by atoms with Crippen LogP contribution in [-0.2, 0) is 6.42 Å². The van der Waals surface area contributed by atoms with E-state index in [9.17, 15) is 0 Å². The molecule has 21 heavy (non-hydrogen) atoms. The molecular weight excluding hydrogens is 280 g/mol. The Bertz CT molecular complexity index is 728. The summed E-state index contributed by atoms with van der Waals surface area (Å²) in [5.74, 6) is 7.20. The predicted molar refractivity (Wildman–Crippen MR) is 86.3 cm³/mol. The first-order chi connectivity index (χ1) is 10.4. The van der Waals surface area contributed by atoms with Gasteiger partial charge in [-0.2, -0.15) is 0 Å². The third-order valence-corrected chi connectivity index (χ3v) is 5.43. The number of hydrazine groups is 1. The van der Waals surface area contributed by atoms with E-state index in [1.807, 2.05) is 29.5 Å². The second kappa shape index (κ2) is 5.30. The monoisotopic (exact) mass is 298 g/mol. The summed E-state index contributed by atoms with van der Waals surface area (Å²) in [7, 11) is 0. The van der Waals surface area contributed by atoms with Crippen LogP contribution < -0.4 is 11.3 Å². The van der Waals surface area contributed by atoms with Gasteiger partial charge in [0.1, 0.15) is 11.3 Å². The summed E-state index contributed by atoms with van der Waals surface area (Å²) < 4.78 is 6.03. The van der Waals surface area contributed by atoms with E-state index in [0.29, 0.717) is 5.92 Å². The summed E-state index contributed by atoms with van der Waals surface area (Å²) in [5, 5.41) is 3.32. The van der Waals surface area contributed by atoms with Crippen LogP contribution in [0.2, 0.25) is 0 Å². The summed E-state index contributed by atoms with van der Waals surface area (Å²) in [4.78, 5) is 1.50. The maximum absolute atomic E-state index is 6.03. The Morgan fingerprint density at radius 2 is 2.19 bits per heavy atom. The summed E-state index contributed by atoms with van der Waals surface area (Å²) >= 11 is 1.86. The molecule has 0 radical (unpaired) electrons. The molecule has 0 spiro atoms. The van der Waals surface area contributed by atoms with E-state index < -0.39 is 0 Å². The van der Waals surface area contributed by atoms with Gasteiger partial charge in [-0.3, -0.25) is 5.84 Å². The lowest BCUT2D eigenvalue weighted by Crippen LogP contribution is -2.33. The molecular formula is C17H18N2OS. The number of rotatable bonds is 3. The van der Waals surface area contributed by atoms with Crippen molar-refractivity contribution in [2.45, 2.75) is 31.2 Å². The first-order valence-electron chi connectivity index (χ1n) is 7.37. The molecule has 2 atom stereocenters. The van der Waals surface area contributed by atoms with Gasteiger partial charge in [-0.15, -0.1) is 11.3 Å². The summed E-state index contributed by atoms with van der Waals surface area (Å²) in [5.41, 5.74) is 5.36. The van der Waals surface area contributed by atoms with Crippen LogP contribution in [0.15, 0.2) is 46.2 Å². The molecule has 1 aliphatic rings.